The molecule has 1 aliphatic rings. The highest BCUT2D eigenvalue weighted by Gasteiger charge is 2.34. The molecule has 0 saturated heterocycles. The van der Waals surface area contributed by atoms with Gasteiger partial charge in [-0.05, 0) is 34.0 Å². The minimum atomic E-state index is -0.785. The molecule has 0 amide bonds. The molecule has 0 bridgehead atoms. The van der Waals surface area contributed by atoms with Crippen molar-refractivity contribution in [3.63, 3.8) is 0 Å². The molecule has 28 heavy (non-hydrogen) atoms. The molecule has 2 N–H and O–H groups in total. The molecule has 3 aromatic rings. The topological polar surface area (TPSA) is 74.6 Å². The molecule has 3 aromatic carbocycles. The van der Waals surface area contributed by atoms with E-state index >= 15 is 0 Å². The Morgan fingerprint density at radius 3 is 2.07 bits per heavy atom. The Balaban J connectivity index is 1.75. The third-order valence-corrected chi connectivity index (χ3v) is 4.67. The number of hydrogen-bond acceptors (Lipinski definition) is 4. The monoisotopic (exact) mass is 368 g/mol. The standard InChI is InChI=1S/C24H16O4/c25-21-19(13-10-15-6-2-1-3-7-15)22(26)24(28)20(23(21)27)18-12-11-16-8-4-5-9-17(16)14-18/h1-14,25,28H/b13-10+. The van der Waals surface area contributed by atoms with Crippen LogP contribution in [0.4, 0.5) is 0 Å². The first-order chi connectivity index (χ1) is 13.6. The van der Waals surface area contributed by atoms with Gasteiger partial charge < -0.3 is 10.2 Å². The van der Waals surface area contributed by atoms with Crippen LogP contribution in [-0.4, -0.2) is 21.8 Å². The van der Waals surface area contributed by atoms with Crippen LogP contribution in [0, 0.1) is 0 Å². The van der Waals surface area contributed by atoms with Crippen LogP contribution in [-0.2, 0) is 9.59 Å². The number of rotatable bonds is 3. The largest absolute Gasteiger partial charge is 0.504 e. The molecule has 0 aliphatic heterocycles. The summed E-state index contributed by atoms with van der Waals surface area (Å²) in [6.45, 7) is 0. The van der Waals surface area contributed by atoms with E-state index in [1.165, 1.54) is 6.08 Å². The fourth-order valence-electron chi connectivity index (χ4n) is 3.21. The number of aliphatic hydroxyl groups excluding tert-OH is 2. The molecule has 4 nitrogen and oxygen atoms in total. The lowest BCUT2D eigenvalue weighted by Crippen LogP contribution is -2.22. The van der Waals surface area contributed by atoms with Gasteiger partial charge in [0.1, 0.15) is 0 Å². The Bertz CT molecular complexity index is 1200. The Hall–Kier alpha value is -3.92. The molecule has 1 aliphatic carbocycles. The second kappa shape index (κ2) is 7.00. The zero-order valence-electron chi connectivity index (χ0n) is 14.8. The Morgan fingerprint density at radius 2 is 1.32 bits per heavy atom. The summed E-state index contributed by atoms with van der Waals surface area (Å²) in [7, 11) is 0. The van der Waals surface area contributed by atoms with Gasteiger partial charge in [-0.3, -0.25) is 9.59 Å². The summed E-state index contributed by atoms with van der Waals surface area (Å²) in [5.41, 5.74) is 0.764. The predicted molar refractivity (Wildman–Crippen MR) is 109 cm³/mol. The van der Waals surface area contributed by atoms with Gasteiger partial charge in [0.2, 0.25) is 11.6 Å². The highest BCUT2D eigenvalue weighted by Crippen LogP contribution is 2.31. The molecule has 0 saturated carbocycles. The Labute approximate surface area is 161 Å². The average molecular weight is 368 g/mol. The highest BCUT2D eigenvalue weighted by atomic mass is 16.3. The van der Waals surface area contributed by atoms with E-state index in [-0.39, 0.29) is 11.1 Å². The highest BCUT2D eigenvalue weighted by molar-refractivity contribution is 6.38. The van der Waals surface area contributed by atoms with Crippen molar-refractivity contribution in [1.29, 1.82) is 0 Å². The molecule has 0 spiro atoms. The predicted octanol–water partition coefficient (Wildman–Crippen LogP) is 4.79. The van der Waals surface area contributed by atoms with Gasteiger partial charge in [-0.25, -0.2) is 0 Å². The van der Waals surface area contributed by atoms with Crippen LogP contribution in [0.2, 0.25) is 0 Å². The Morgan fingerprint density at radius 1 is 0.643 bits per heavy atom. The molecule has 136 valence electrons. The first kappa shape index (κ1) is 17.5. The van der Waals surface area contributed by atoms with Gasteiger partial charge in [0, 0.05) is 0 Å². The normalized spacial score (nSPS) is 15.1. The van der Waals surface area contributed by atoms with E-state index in [4.69, 9.17) is 0 Å². The van der Waals surface area contributed by atoms with Crippen molar-refractivity contribution < 1.29 is 19.8 Å². The van der Waals surface area contributed by atoms with Crippen LogP contribution in [0.15, 0.2) is 96.0 Å². The second-order valence-electron chi connectivity index (χ2n) is 6.45. The van der Waals surface area contributed by atoms with Crippen molar-refractivity contribution in [3.8, 4) is 0 Å². The summed E-state index contributed by atoms with van der Waals surface area (Å²) < 4.78 is 0. The first-order valence-electron chi connectivity index (χ1n) is 8.74. The van der Waals surface area contributed by atoms with Crippen molar-refractivity contribution in [3.05, 3.63) is 107 Å². The molecular formula is C24H16O4. The summed E-state index contributed by atoms with van der Waals surface area (Å²) >= 11 is 0. The number of fused-ring (bicyclic) bond motifs is 1. The summed E-state index contributed by atoms with van der Waals surface area (Å²) in [5.74, 6) is -2.89. The number of Topliss-reactive ketones (excluding diaryl/α,β-unsaturated/α-hetero) is 2. The molecule has 0 atom stereocenters. The van der Waals surface area contributed by atoms with Crippen molar-refractivity contribution in [2.45, 2.75) is 0 Å². The molecule has 0 radical (unpaired) electrons. The van der Waals surface area contributed by atoms with E-state index in [1.54, 1.807) is 24.3 Å². The lowest BCUT2D eigenvalue weighted by atomic mass is 9.88. The number of hydrogen-bond donors (Lipinski definition) is 2. The van der Waals surface area contributed by atoms with Crippen LogP contribution >= 0.6 is 0 Å². The SMILES string of the molecule is O=C1C(O)=C(c2ccc3ccccc3c2)C(=O)C(O)=C1/C=C/c1ccccc1. The summed E-state index contributed by atoms with van der Waals surface area (Å²) in [5, 5.41) is 22.6. The van der Waals surface area contributed by atoms with E-state index in [0.29, 0.717) is 5.56 Å². The fourth-order valence-corrected chi connectivity index (χ4v) is 3.21. The lowest BCUT2D eigenvalue weighted by molar-refractivity contribution is -0.118. The van der Waals surface area contributed by atoms with Gasteiger partial charge in [-0.15, -0.1) is 0 Å². The van der Waals surface area contributed by atoms with Crippen molar-refractivity contribution in [2.75, 3.05) is 0 Å². The average Bonchev–Trinajstić information content (AvgIpc) is 2.73. The lowest BCUT2D eigenvalue weighted by Gasteiger charge is -2.16. The van der Waals surface area contributed by atoms with Crippen molar-refractivity contribution >= 4 is 34.0 Å². The van der Waals surface area contributed by atoms with Crippen molar-refractivity contribution in [2.24, 2.45) is 0 Å². The zero-order chi connectivity index (χ0) is 19.7. The maximum atomic E-state index is 12.7. The van der Waals surface area contributed by atoms with E-state index in [2.05, 4.69) is 0 Å². The number of carbonyl (C=O) groups is 2. The van der Waals surface area contributed by atoms with Crippen LogP contribution in [0.3, 0.4) is 0 Å². The quantitative estimate of drug-likeness (QED) is 0.652. The third kappa shape index (κ3) is 3.01. The van der Waals surface area contributed by atoms with E-state index in [0.717, 1.165) is 16.3 Å². The van der Waals surface area contributed by atoms with Gasteiger partial charge in [-0.1, -0.05) is 72.8 Å². The molecule has 0 unspecified atom stereocenters. The van der Waals surface area contributed by atoms with E-state index < -0.39 is 23.1 Å². The van der Waals surface area contributed by atoms with Crippen LogP contribution in [0.25, 0.3) is 22.4 Å². The molecule has 0 fully saturated rings. The van der Waals surface area contributed by atoms with Crippen LogP contribution < -0.4 is 0 Å². The molecule has 0 heterocycles. The molecule has 0 aromatic heterocycles. The first-order valence-corrected chi connectivity index (χ1v) is 8.74. The summed E-state index contributed by atoms with van der Waals surface area (Å²) in [4.78, 5) is 25.3. The van der Waals surface area contributed by atoms with Gasteiger partial charge >= 0.3 is 0 Å². The summed E-state index contributed by atoms with van der Waals surface area (Å²) in [6.07, 6.45) is 2.95. The molecular weight excluding hydrogens is 352 g/mol. The van der Waals surface area contributed by atoms with Gasteiger partial charge in [0.15, 0.2) is 11.5 Å². The van der Waals surface area contributed by atoms with Gasteiger partial charge in [0.05, 0.1) is 11.1 Å². The van der Waals surface area contributed by atoms with Crippen LogP contribution in [0.1, 0.15) is 11.1 Å². The number of carbonyl (C=O) groups excluding carboxylic acids is 2. The van der Waals surface area contributed by atoms with Gasteiger partial charge in [-0.2, -0.15) is 0 Å². The maximum Gasteiger partial charge on any atom is 0.232 e. The zero-order valence-corrected chi connectivity index (χ0v) is 14.8. The Kier molecular flexibility index (Phi) is 4.38. The number of aliphatic hydroxyl groups is 2. The fraction of sp³-hybridized carbons (Fsp3) is 0. The molecule has 4 heteroatoms. The summed E-state index contributed by atoms with van der Waals surface area (Å²) in [6, 6.07) is 21.9. The molecule has 4 rings (SSSR count). The van der Waals surface area contributed by atoms with E-state index in [9.17, 15) is 19.8 Å². The van der Waals surface area contributed by atoms with Crippen LogP contribution in [0.5, 0.6) is 0 Å². The van der Waals surface area contributed by atoms with Gasteiger partial charge in [0.25, 0.3) is 0 Å². The smallest absolute Gasteiger partial charge is 0.232 e. The second-order valence-corrected chi connectivity index (χ2v) is 6.45. The minimum Gasteiger partial charge on any atom is -0.504 e. The number of benzene rings is 3. The third-order valence-electron chi connectivity index (χ3n) is 4.67. The van der Waals surface area contributed by atoms with Crippen molar-refractivity contribution in [1.82, 2.24) is 0 Å². The number of ketones is 2. The number of allylic oxidation sites excluding steroid dienone is 3. The minimum absolute atomic E-state index is 0.190. The van der Waals surface area contributed by atoms with E-state index in [1.807, 2.05) is 54.6 Å². The maximum absolute atomic E-state index is 12.7.